The predicted molar refractivity (Wildman–Crippen MR) is 193 cm³/mol. The van der Waals surface area contributed by atoms with Crippen LogP contribution in [-0.2, 0) is 4.79 Å². The molecule has 0 radical (unpaired) electrons. The highest BCUT2D eigenvalue weighted by atomic mass is 16.2. The third kappa shape index (κ3) is 25.7. The van der Waals surface area contributed by atoms with E-state index in [1.807, 2.05) is 6.07 Å². The predicted octanol–water partition coefficient (Wildman–Crippen LogP) is 14.2. The molecule has 43 heavy (non-hydrogen) atoms. The van der Waals surface area contributed by atoms with Crippen molar-refractivity contribution < 1.29 is 4.79 Å². The minimum Gasteiger partial charge on any atom is -0.312 e. The van der Waals surface area contributed by atoms with Gasteiger partial charge in [0.15, 0.2) is 0 Å². The van der Waals surface area contributed by atoms with Gasteiger partial charge >= 0.3 is 0 Å². The molecular weight excluding hydrogens is 522 g/mol. The fraction of sp³-hybridized carbons (Fsp3) is 0.829. The zero-order valence-electron chi connectivity index (χ0n) is 29.4. The van der Waals surface area contributed by atoms with Gasteiger partial charge in [-0.05, 0) is 25.0 Å². The van der Waals surface area contributed by atoms with Crippen LogP contribution in [0.2, 0.25) is 0 Å². The van der Waals surface area contributed by atoms with Crippen molar-refractivity contribution in [2.75, 3.05) is 11.4 Å². The SMILES string of the molecule is CCCCCCCCCCCCCCCCCCCCCCN(C(=O)CCCCCCCCCCCC)c1ccccc1. The van der Waals surface area contributed by atoms with Crippen molar-refractivity contribution in [2.45, 2.75) is 213 Å². The van der Waals surface area contributed by atoms with Crippen molar-refractivity contribution in [1.82, 2.24) is 0 Å². The Labute approximate surface area is 270 Å². The summed E-state index contributed by atoms with van der Waals surface area (Å²) in [6.07, 6.45) is 41.9. The minimum atomic E-state index is 0.323. The molecule has 2 nitrogen and oxygen atoms in total. The molecule has 1 aromatic carbocycles. The molecule has 0 unspecified atom stereocenters. The van der Waals surface area contributed by atoms with Gasteiger partial charge in [0.1, 0.15) is 0 Å². The first-order chi connectivity index (χ1) is 21.3. The van der Waals surface area contributed by atoms with Crippen molar-refractivity contribution in [1.29, 1.82) is 0 Å². The minimum absolute atomic E-state index is 0.323. The molecule has 0 aromatic heterocycles. The van der Waals surface area contributed by atoms with Crippen LogP contribution >= 0.6 is 0 Å². The van der Waals surface area contributed by atoms with Crippen LogP contribution in [0.3, 0.4) is 0 Å². The molecule has 0 aliphatic heterocycles. The molecule has 0 heterocycles. The average Bonchev–Trinajstić information content (AvgIpc) is 3.03. The number of nitrogens with zero attached hydrogens (tertiary/aromatic N) is 1. The summed E-state index contributed by atoms with van der Waals surface area (Å²) in [5.41, 5.74) is 1.08. The van der Waals surface area contributed by atoms with Crippen molar-refractivity contribution in [2.24, 2.45) is 0 Å². The maximum atomic E-state index is 13.1. The number of carbonyl (C=O) groups is 1. The van der Waals surface area contributed by atoms with Crippen molar-refractivity contribution >= 4 is 11.6 Å². The van der Waals surface area contributed by atoms with Gasteiger partial charge in [-0.1, -0.05) is 212 Å². The molecular formula is C41H75NO. The molecule has 250 valence electrons. The maximum absolute atomic E-state index is 13.1. The van der Waals surface area contributed by atoms with Crippen LogP contribution in [0.4, 0.5) is 5.69 Å². The first-order valence-electron chi connectivity index (χ1n) is 19.6. The lowest BCUT2D eigenvalue weighted by atomic mass is 10.0. The lowest BCUT2D eigenvalue weighted by Gasteiger charge is -2.23. The van der Waals surface area contributed by atoms with Crippen molar-refractivity contribution in [3.8, 4) is 0 Å². The molecule has 0 aliphatic rings. The largest absolute Gasteiger partial charge is 0.312 e. The van der Waals surface area contributed by atoms with Gasteiger partial charge in [0, 0.05) is 18.7 Å². The van der Waals surface area contributed by atoms with Crippen LogP contribution in [-0.4, -0.2) is 12.5 Å². The van der Waals surface area contributed by atoms with Gasteiger partial charge in [0.25, 0.3) is 0 Å². The summed E-state index contributed by atoms with van der Waals surface area (Å²) in [4.78, 5) is 15.2. The highest BCUT2D eigenvalue weighted by molar-refractivity contribution is 5.93. The quantitative estimate of drug-likeness (QED) is 0.0738. The van der Waals surface area contributed by atoms with E-state index in [4.69, 9.17) is 0 Å². The highest BCUT2D eigenvalue weighted by Gasteiger charge is 2.14. The third-order valence-corrected chi connectivity index (χ3v) is 9.35. The number of carbonyl (C=O) groups excluding carboxylic acids is 1. The Kier molecular flexibility index (Phi) is 29.6. The van der Waals surface area contributed by atoms with Gasteiger partial charge in [0.2, 0.25) is 5.91 Å². The number of benzene rings is 1. The van der Waals surface area contributed by atoms with Gasteiger partial charge in [-0.3, -0.25) is 4.79 Å². The third-order valence-electron chi connectivity index (χ3n) is 9.35. The number of anilines is 1. The van der Waals surface area contributed by atoms with Crippen molar-refractivity contribution in [3.63, 3.8) is 0 Å². The Balaban J connectivity index is 2.00. The zero-order chi connectivity index (χ0) is 30.9. The number of hydrogen-bond donors (Lipinski definition) is 0. The van der Waals surface area contributed by atoms with E-state index in [9.17, 15) is 4.79 Å². The lowest BCUT2D eigenvalue weighted by Crippen LogP contribution is -2.31. The normalized spacial score (nSPS) is 11.3. The molecule has 0 saturated carbocycles. The molecule has 0 spiro atoms. The van der Waals surface area contributed by atoms with E-state index < -0.39 is 0 Å². The Morgan fingerprint density at radius 1 is 0.419 bits per heavy atom. The summed E-state index contributed by atoms with van der Waals surface area (Å²) in [7, 11) is 0. The number of amides is 1. The molecule has 2 heteroatoms. The Morgan fingerprint density at radius 2 is 0.721 bits per heavy atom. The first kappa shape index (κ1) is 39.7. The van der Waals surface area contributed by atoms with Crippen LogP contribution < -0.4 is 4.90 Å². The summed E-state index contributed by atoms with van der Waals surface area (Å²) in [5, 5.41) is 0. The fourth-order valence-electron chi connectivity index (χ4n) is 6.43. The standard InChI is InChI=1S/C41H75NO/c1-3-5-7-9-11-13-15-16-17-18-19-20-21-22-23-24-26-28-30-35-39-42(40-36-32-31-33-37-40)41(43)38-34-29-27-25-14-12-10-8-6-4-2/h31-33,36-37H,3-30,34-35,38-39H2,1-2H3. The first-order valence-corrected chi connectivity index (χ1v) is 19.6. The van der Waals surface area contributed by atoms with E-state index in [1.165, 1.54) is 180 Å². The van der Waals surface area contributed by atoms with Gasteiger partial charge in [-0.15, -0.1) is 0 Å². The highest BCUT2D eigenvalue weighted by Crippen LogP contribution is 2.19. The molecule has 0 saturated heterocycles. The number of hydrogen-bond acceptors (Lipinski definition) is 1. The molecule has 1 rings (SSSR count). The second-order valence-electron chi connectivity index (χ2n) is 13.5. The molecule has 1 amide bonds. The smallest absolute Gasteiger partial charge is 0.226 e. The van der Waals surface area contributed by atoms with E-state index in [-0.39, 0.29) is 0 Å². The lowest BCUT2D eigenvalue weighted by molar-refractivity contribution is -0.118. The average molecular weight is 598 g/mol. The zero-order valence-corrected chi connectivity index (χ0v) is 29.4. The molecule has 0 N–H and O–H groups in total. The van der Waals surface area contributed by atoms with Crippen LogP contribution in [0.25, 0.3) is 0 Å². The Morgan fingerprint density at radius 3 is 1.07 bits per heavy atom. The molecule has 0 atom stereocenters. The van der Waals surface area contributed by atoms with E-state index >= 15 is 0 Å². The summed E-state index contributed by atoms with van der Waals surface area (Å²) in [6.45, 7) is 5.46. The Hall–Kier alpha value is -1.31. The van der Waals surface area contributed by atoms with Gasteiger partial charge in [0.05, 0.1) is 0 Å². The van der Waals surface area contributed by atoms with Crippen LogP contribution in [0, 0.1) is 0 Å². The second kappa shape index (κ2) is 32.1. The second-order valence-corrected chi connectivity index (χ2v) is 13.5. The molecule has 0 aliphatic carbocycles. The van der Waals surface area contributed by atoms with Gasteiger partial charge in [-0.2, -0.15) is 0 Å². The summed E-state index contributed by atoms with van der Waals surface area (Å²) in [5.74, 6) is 0.323. The van der Waals surface area contributed by atoms with Crippen LogP contribution in [0.5, 0.6) is 0 Å². The van der Waals surface area contributed by atoms with E-state index in [0.29, 0.717) is 12.3 Å². The van der Waals surface area contributed by atoms with Crippen molar-refractivity contribution in [3.05, 3.63) is 30.3 Å². The summed E-state index contributed by atoms with van der Waals surface area (Å²) in [6, 6.07) is 10.4. The van der Waals surface area contributed by atoms with E-state index in [2.05, 4.69) is 43.0 Å². The number of rotatable bonds is 33. The Bertz CT molecular complexity index is 686. The topological polar surface area (TPSA) is 20.3 Å². The van der Waals surface area contributed by atoms with Crippen LogP contribution in [0.1, 0.15) is 213 Å². The van der Waals surface area contributed by atoms with E-state index in [1.54, 1.807) is 0 Å². The fourth-order valence-corrected chi connectivity index (χ4v) is 6.43. The van der Waals surface area contributed by atoms with Gasteiger partial charge < -0.3 is 4.90 Å². The van der Waals surface area contributed by atoms with E-state index in [0.717, 1.165) is 25.1 Å². The number of para-hydroxylation sites is 1. The maximum Gasteiger partial charge on any atom is 0.226 e. The molecule has 0 fully saturated rings. The van der Waals surface area contributed by atoms with Gasteiger partial charge in [-0.25, -0.2) is 0 Å². The molecule has 1 aromatic rings. The van der Waals surface area contributed by atoms with Crippen LogP contribution in [0.15, 0.2) is 30.3 Å². The summed E-state index contributed by atoms with van der Waals surface area (Å²) >= 11 is 0. The number of unbranched alkanes of at least 4 members (excludes halogenated alkanes) is 28. The summed E-state index contributed by atoms with van der Waals surface area (Å²) < 4.78 is 0. The monoisotopic (exact) mass is 598 g/mol. The molecule has 0 bridgehead atoms.